The lowest BCUT2D eigenvalue weighted by Gasteiger charge is -2.43. The Kier molecular flexibility index (Phi) is 4.11. The fraction of sp³-hybridized carbons (Fsp3) is 0.909. The van der Waals surface area contributed by atoms with Crippen LogP contribution in [-0.2, 0) is 4.79 Å². The van der Waals surface area contributed by atoms with Gasteiger partial charge < -0.3 is 5.11 Å². The van der Waals surface area contributed by atoms with E-state index in [1.165, 1.54) is 0 Å². The standard InChI is InChI=1S/C11H22N2O2/c1-8(2)12-5-6-13(9(3)4)10(7-12)11(14)15/h8-10H,5-7H2,1-4H3,(H,14,15)/t10-/m1/s1. The smallest absolute Gasteiger partial charge is 0.322 e. The van der Waals surface area contributed by atoms with Crippen LogP contribution in [0, 0.1) is 0 Å². The van der Waals surface area contributed by atoms with E-state index < -0.39 is 5.97 Å². The van der Waals surface area contributed by atoms with Crippen molar-refractivity contribution in [3.8, 4) is 0 Å². The number of carboxylic acid groups (broad SMARTS) is 1. The molecule has 0 aromatic rings. The summed E-state index contributed by atoms with van der Waals surface area (Å²) in [6, 6.07) is 0.391. The van der Waals surface area contributed by atoms with Crippen LogP contribution in [0.15, 0.2) is 0 Å². The molecule has 4 nitrogen and oxygen atoms in total. The Morgan fingerprint density at radius 1 is 1.20 bits per heavy atom. The average Bonchev–Trinajstić information content (AvgIpc) is 2.16. The molecule has 15 heavy (non-hydrogen) atoms. The van der Waals surface area contributed by atoms with Crippen LogP contribution >= 0.6 is 0 Å². The largest absolute Gasteiger partial charge is 0.480 e. The van der Waals surface area contributed by atoms with Gasteiger partial charge in [-0.3, -0.25) is 14.6 Å². The van der Waals surface area contributed by atoms with Crippen molar-refractivity contribution in [2.75, 3.05) is 19.6 Å². The molecule has 1 aliphatic heterocycles. The van der Waals surface area contributed by atoms with E-state index in [-0.39, 0.29) is 6.04 Å². The van der Waals surface area contributed by atoms with Crippen molar-refractivity contribution in [2.24, 2.45) is 0 Å². The molecule has 0 aromatic carbocycles. The maximum atomic E-state index is 11.2. The van der Waals surface area contributed by atoms with E-state index in [4.69, 9.17) is 0 Å². The van der Waals surface area contributed by atoms with Gasteiger partial charge in [0, 0.05) is 31.7 Å². The summed E-state index contributed by atoms with van der Waals surface area (Å²) < 4.78 is 0. The molecule has 0 radical (unpaired) electrons. The molecule has 0 aromatic heterocycles. The highest BCUT2D eigenvalue weighted by Crippen LogP contribution is 2.15. The van der Waals surface area contributed by atoms with Crippen LogP contribution in [0.4, 0.5) is 0 Å². The highest BCUT2D eigenvalue weighted by atomic mass is 16.4. The Morgan fingerprint density at radius 2 is 1.80 bits per heavy atom. The molecule has 4 heteroatoms. The second kappa shape index (κ2) is 4.94. The predicted molar refractivity (Wildman–Crippen MR) is 60.0 cm³/mol. The van der Waals surface area contributed by atoms with Crippen molar-refractivity contribution in [3.63, 3.8) is 0 Å². The lowest BCUT2D eigenvalue weighted by atomic mass is 10.1. The van der Waals surface area contributed by atoms with Crippen LogP contribution in [0.3, 0.4) is 0 Å². The first kappa shape index (κ1) is 12.5. The highest BCUT2D eigenvalue weighted by molar-refractivity contribution is 5.74. The third-order valence-corrected chi connectivity index (χ3v) is 3.13. The van der Waals surface area contributed by atoms with Gasteiger partial charge >= 0.3 is 5.97 Å². The van der Waals surface area contributed by atoms with Gasteiger partial charge in [-0.2, -0.15) is 0 Å². The molecule has 1 heterocycles. The number of aliphatic carboxylic acids is 1. The van der Waals surface area contributed by atoms with Crippen molar-refractivity contribution < 1.29 is 9.90 Å². The van der Waals surface area contributed by atoms with Gasteiger partial charge in [0.1, 0.15) is 6.04 Å². The number of hydrogen-bond acceptors (Lipinski definition) is 3. The molecule has 0 bridgehead atoms. The third-order valence-electron chi connectivity index (χ3n) is 3.13. The minimum Gasteiger partial charge on any atom is -0.480 e. The van der Waals surface area contributed by atoms with E-state index >= 15 is 0 Å². The van der Waals surface area contributed by atoms with Gasteiger partial charge in [-0.25, -0.2) is 0 Å². The monoisotopic (exact) mass is 214 g/mol. The zero-order chi connectivity index (χ0) is 11.6. The molecular formula is C11H22N2O2. The maximum Gasteiger partial charge on any atom is 0.322 e. The topological polar surface area (TPSA) is 43.8 Å². The van der Waals surface area contributed by atoms with Crippen LogP contribution in [-0.4, -0.2) is 58.6 Å². The summed E-state index contributed by atoms with van der Waals surface area (Å²) >= 11 is 0. The Morgan fingerprint density at radius 3 is 2.20 bits per heavy atom. The maximum absolute atomic E-state index is 11.2. The quantitative estimate of drug-likeness (QED) is 0.757. The Bertz CT molecular complexity index is 229. The lowest BCUT2D eigenvalue weighted by Crippen LogP contribution is -2.59. The zero-order valence-corrected chi connectivity index (χ0v) is 10.1. The number of carbonyl (C=O) groups is 1. The van der Waals surface area contributed by atoms with Crippen LogP contribution in [0.1, 0.15) is 27.7 Å². The summed E-state index contributed by atoms with van der Waals surface area (Å²) in [5.74, 6) is -0.700. The number of hydrogen-bond donors (Lipinski definition) is 1. The Hall–Kier alpha value is -0.610. The molecule has 1 saturated heterocycles. The minimum absolute atomic E-state index is 0.306. The molecule has 1 atom stereocenters. The predicted octanol–water partition coefficient (Wildman–Crippen LogP) is 0.874. The van der Waals surface area contributed by atoms with Gasteiger partial charge in [-0.1, -0.05) is 0 Å². The first-order valence-corrected chi connectivity index (χ1v) is 5.66. The third kappa shape index (κ3) is 2.92. The van der Waals surface area contributed by atoms with Gasteiger partial charge in [0.2, 0.25) is 0 Å². The number of nitrogens with zero attached hydrogens (tertiary/aromatic N) is 2. The van der Waals surface area contributed by atoms with E-state index in [0.29, 0.717) is 18.6 Å². The molecule has 0 amide bonds. The lowest BCUT2D eigenvalue weighted by molar-refractivity contribution is -0.147. The van der Waals surface area contributed by atoms with E-state index in [2.05, 4.69) is 37.5 Å². The number of carboxylic acids is 1. The summed E-state index contributed by atoms with van der Waals surface area (Å²) in [7, 11) is 0. The molecule has 0 spiro atoms. The molecule has 1 rings (SSSR count). The molecule has 0 unspecified atom stereocenters. The van der Waals surface area contributed by atoms with Gasteiger partial charge in [-0.15, -0.1) is 0 Å². The first-order chi connectivity index (χ1) is 6.93. The van der Waals surface area contributed by atoms with Gasteiger partial charge in [0.05, 0.1) is 0 Å². The fourth-order valence-corrected chi connectivity index (χ4v) is 2.13. The van der Waals surface area contributed by atoms with Crippen LogP contribution in [0.2, 0.25) is 0 Å². The normalized spacial score (nSPS) is 25.1. The van der Waals surface area contributed by atoms with E-state index in [0.717, 1.165) is 13.1 Å². The summed E-state index contributed by atoms with van der Waals surface area (Å²) in [4.78, 5) is 15.5. The molecule has 0 aliphatic carbocycles. The molecule has 0 saturated carbocycles. The molecular weight excluding hydrogens is 192 g/mol. The first-order valence-electron chi connectivity index (χ1n) is 5.66. The zero-order valence-electron chi connectivity index (χ0n) is 10.1. The van der Waals surface area contributed by atoms with Crippen molar-refractivity contribution in [3.05, 3.63) is 0 Å². The Labute approximate surface area is 91.9 Å². The van der Waals surface area contributed by atoms with Gasteiger partial charge in [0.15, 0.2) is 0 Å². The molecule has 88 valence electrons. The Balaban J connectivity index is 2.69. The van der Waals surface area contributed by atoms with Crippen LogP contribution < -0.4 is 0 Å². The molecule has 1 N–H and O–H groups in total. The second-order valence-electron chi connectivity index (χ2n) is 4.77. The average molecular weight is 214 g/mol. The van der Waals surface area contributed by atoms with Gasteiger partial charge in [-0.05, 0) is 27.7 Å². The van der Waals surface area contributed by atoms with Crippen molar-refractivity contribution in [1.82, 2.24) is 9.80 Å². The summed E-state index contributed by atoms with van der Waals surface area (Å²) in [5.41, 5.74) is 0. The minimum atomic E-state index is -0.700. The summed E-state index contributed by atoms with van der Waals surface area (Å²) in [6.45, 7) is 10.8. The summed E-state index contributed by atoms with van der Waals surface area (Å²) in [5, 5.41) is 9.19. The SMILES string of the molecule is CC(C)N1CCN(C(C)C)[C@@H](C(=O)O)C1. The van der Waals surface area contributed by atoms with Crippen molar-refractivity contribution >= 4 is 5.97 Å². The van der Waals surface area contributed by atoms with Gasteiger partial charge in [0.25, 0.3) is 0 Å². The molecule has 1 fully saturated rings. The van der Waals surface area contributed by atoms with Crippen molar-refractivity contribution in [1.29, 1.82) is 0 Å². The van der Waals surface area contributed by atoms with Crippen LogP contribution in [0.25, 0.3) is 0 Å². The molecule has 1 aliphatic rings. The fourth-order valence-electron chi connectivity index (χ4n) is 2.13. The second-order valence-corrected chi connectivity index (χ2v) is 4.77. The van der Waals surface area contributed by atoms with E-state index in [9.17, 15) is 9.90 Å². The van der Waals surface area contributed by atoms with Crippen LogP contribution in [0.5, 0.6) is 0 Å². The number of rotatable bonds is 3. The number of piperazine rings is 1. The van der Waals surface area contributed by atoms with E-state index in [1.54, 1.807) is 0 Å². The van der Waals surface area contributed by atoms with E-state index in [1.807, 2.05) is 0 Å². The highest BCUT2D eigenvalue weighted by Gasteiger charge is 2.34. The summed E-state index contributed by atoms with van der Waals surface area (Å²) in [6.07, 6.45) is 0. The van der Waals surface area contributed by atoms with Crippen molar-refractivity contribution in [2.45, 2.75) is 45.8 Å².